The lowest BCUT2D eigenvalue weighted by molar-refractivity contribution is 0.286. The van der Waals surface area contributed by atoms with E-state index in [2.05, 4.69) is 28.4 Å². The van der Waals surface area contributed by atoms with Crippen molar-refractivity contribution in [2.24, 2.45) is 0 Å². The molecule has 0 aliphatic carbocycles. The smallest absolute Gasteiger partial charge is 0.122 e. The van der Waals surface area contributed by atoms with Crippen LogP contribution in [0.2, 0.25) is 0 Å². The molecule has 0 aromatic heterocycles. The first-order valence-electron chi connectivity index (χ1n) is 7.00. The fraction of sp³-hybridized carbons (Fsp3) is 0.600. The van der Waals surface area contributed by atoms with Crippen LogP contribution in [0.25, 0.3) is 0 Å². The first-order valence-corrected chi connectivity index (χ1v) is 7.00. The Balaban J connectivity index is 1.82. The first-order chi connectivity index (χ1) is 8.88. The fourth-order valence-electron chi connectivity index (χ4n) is 3.24. The van der Waals surface area contributed by atoms with Crippen molar-refractivity contribution in [2.75, 3.05) is 33.3 Å². The number of benzene rings is 1. The van der Waals surface area contributed by atoms with Gasteiger partial charge in [0, 0.05) is 18.2 Å². The molecule has 2 aliphatic rings. The molecule has 1 aromatic rings. The maximum atomic E-state index is 5.49. The topological polar surface area (TPSA) is 24.5 Å². The molecule has 3 nitrogen and oxygen atoms in total. The zero-order valence-corrected chi connectivity index (χ0v) is 11.1. The van der Waals surface area contributed by atoms with E-state index in [4.69, 9.17) is 4.74 Å². The molecule has 0 bridgehead atoms. The number of methoxy groups -OCH3 is 1. The van der Waals surface area contributed by atoms with Crippen molar-refractivity contribution in [3.05, 3.63) is 29.3 Å². The van der Waals surface area contributed by atoms with Gasteiger partial charge in [0.05, 0.1) is 7.11 Å². The zero-order chi connectivity index (χ0) is 12.4. The number of nitrogens with one attached hydrogen (secondary N) is 1. The van der Waals surface area contributed by atoms with Gasteiger partial charge >= 0.3 is 0 Å². The average molecular weight is 246 g/mol. The van der Waals surface area contributed by atoms with Crippen LogP contribution in [0.4, 0.5) is 0 Å². The van der Waals surface area contributed by atoms with E-state index in [0.29, 0.717) is 6.04 Å². The normalized spacial score (nSPS) is 23.9. The third kappa shape index (κ3) is 2.25. The standard InChI is InChI=1S/C15H22N2O/c1-18-15-6-4-5-12-13(15)7-8-16-14(12)11-17-9-2-3-10-17/h4-6,14,16H,2-3,7-11H2,1H3/t14-/m0/s1. The van der Waals surface area contributed by atoms with Gasteiger partial charge in [0.15, 0.2) is 0 Å². The largest absolute Gasteiger partial charge is 0.496 e. The predicted molar refractivity (Wildman–Crippen MR) is 73.1 cm³/mol. The van der Waals surface area contributed by atoms with Gasteiger partial charge in [0.2, 0.25) is 0 Å². The van der Waals surface area contributed by atoms with Gasteiger partial charge in [-0.05, 0) is 50.5 Å². The second-order valence-corrected chi connectivity index (χ2v) is 5.29. The number of ether oxygens (including phenoxy) is 1. The lowest BCUT2D eigenvalue weighted by Gasteiger charge is -2.31. The van der Waals surface area contributed by atoms with E-state index < -0.39 is 0 Å². The van der Waals surface area contributed by atoms with Crippen LogP contribution in [0.5, 0.6) is 5.75 Å². The highest BCUT2D eigenvalue weighted by Crippen LogP contribution is 2.31. The second kappa shape index (κ2) is 5.29. The molecular formula is C15H22N2O. The summed E-state index contributed by atoms with van der Waals surface area (Å²) in [6.07, 6.45) is 3.80. The van der Waals surface area contributed by atoms with Gasteiger partial charge in [-0.2, -0.15) is 0 Å². The van der Waals surface area contributed by atoms with E-state index in [1.807, 2.05) is 0 Å². The van der Waals surface area contributed by atoms with Crippen LogP contribution in [-0.2, 0) is 6.42 Å². The van der Waals surface area contributed by atoms with Crippen molar-refractivity contribution >= 4 is 0 Å². The van der Waals surface area contributed by atoms with E-state index in [-0.39, 0.29) is 0 Å². The number of fused-ring (bicyclic) bond motifs is 1. The summed E-state index contributed by atoms with van der Waals surface area (Å²) in [5, 5.41) is 3.66. The zero-order valence-electron chi connectivity index (χ0n) is 11.1. The van der Waals surface area contributed by atoms with Gasteiger partial charge in [-0.1, -0.05) is 12.1 Å². The Bertz CT molecular complexity index is 413. The summed E-state index contributed by atoms with van der Waals surface area (Å²) in [5.74, 6) is 1.06. The summed E-state index contributed by atoms with van der Waals surface area (Å²) >= 11 is 0. The summed E-state index contributed by atoms with van der Waals surface area (Å²) in [6, 6.07) is 6.92. The van der Waals surface area contributed by atoms with Crippen molar-refractivity contribution in [1.29, 1.82) is 0 Å². The van der Waals surface area contributed by atoms with Crippen LogP contribution in [0.15, 0.2) is 18.2 Å². The molecule has 1 atom stereocenters. The second-order valence-electron chi connectivity index (χ2n) is 5.29. The minimum atomic E-state index is 0.474. The minimum Gasteiger partial charge on any atom is -0.496 e. The first kappa shape index (κ1) is 12.0. The fourth-order valence-corrected chi connectivity index (χ4v) is 3.24. The molecule has 1 fully saturated rings. The van der Waals surface area contributed by atoms with Crippen molar-refractivity contribution < 1.29 is 4.74 Å². The number of rotatable bonds is 3. The quantitative estimate of drug-likeness (QED) is 0.882. The average Bonchev–Trinajstić information content (AvgIpc) is 2.91. The lowest BCUT2D eigenvalue weighted by atomic mass is 9.93. The molecule has 0 amide bonds. The highest BCUT2D eigenvalue weighted by atomic mass is 16.5. The molecule has 0 spiro atoms. The van der Waals surface area contributed by atoms with Crippen LogP contribution in [0.3, 0.4) is 0 Å². The van der Waals surface area contributed by atoms with Crippen LogP contribution in [-0.4, -0.2) is 38.2 Å². The van der Waals surface area contributed by atoms with E-state index in [0.717, 1.165) is 25.3 Å². The molecule has 0 saturated carbocycles. The highest BCUT2D eigenvalue weighted by Gasteiger charge is 2.25. The SMILES string of the molecule is COc1cccc2c1CCN[C@H]2CN1CCCC1. The molecule has 1 aromatic carbocycles. The van der Waals surface area contributed by atoms with Crippen molar-refractivity contribution in [2.45, 2.75) is 25.3 Å². The predicted octanol–water partition coefficient (Wildman–Crippen LogP) is 1.98. The molecule has 1 N–H and O–H groups in total. The van der Waals surface area contributed by atoms with E-state index in [9.17, 15) is 0 Å². The number of likely N-dealkylation sites (tertiary alicyclic amines) is 1. The molecule has 98 valence electrons. The Kier molecular flexibility index (Phi) is 3.52. The van der Waals surface area contributed by atoms with E-state index in [1.54, 1.807) is 7.11 Å². The van der Waals surface area contributed by atoms with Gasteiger partial charge < -0.3 is 15.0 Å². The molecular weight excluding hydrogens is 224 g/mol. The molecule has 3 heteroatoms. The summed E-state index contributed by atoms with van der Waals surface area (Å²) in [7, 11) is 1.77. The molecule has 3 rings (SSSR count). The summed E-state index contributed by atoms with van der Waals surface area (Å²) in [4.78, 5) is 2.58. The Labute approximate surface area is 109 Å². The van der Waals surface area contributed by atoms with Gasteiger partial charge in [0.1, 0.15) is 5.75 Å². The van der Waals surface area contributed by atoms with Crippen LogP contribution in [0, 0.1) is 0 Å². The number of hydrogen-bond acceptors (Lipinski definition) is 3. The maximum absolute atomic E-state index is 5.49. The third-order valence-corrected chi connectivity index (χ3v) is 4.17. The van der Waals surface area contributed by atoms with E-state index in [1.165, 1.54) is 37.1 Å². The Morgan fingerprint density at radius 2 is 2.17 bits per heavy atom. The van der Waals surface area contributed by atoms with E-state index >= 15 is 0 Å². The summed E-state index contributed by atoms with van der Waals surface area (Å²) in [5.41, 5.74) is 2.84. The van der Waals surface area contributed by atoms with Crippen molar-refractivity contribution in [1.82, 2.24) is 10.2 Å². The summed E-state index contributed by atoms with van der Waals surface area (Å²) in [6.45, 7) is 4.72. The van der Waals surface area contributed by atoms with Crippen molar-refractivity contribution in [3.63, 3.8) is 0 Å². The maximum Gasteiger partial charge on any atom is 0.122 e. The molecule has 0 unspecified atom stereocenters. The third-order valence-electron chi connectivity index (χ3n) is 4.17. The molecule has 2 heterocycles. The highest BCUT2D eigenvalue weighted by molar-refractivity contribution is 5.43. The van der Waals surface area contributed by atoms with Gasteiger partial charge in [0.25, 0.3) is 0 Å². The van der Waals surface area contributed by atoms with Gasteiger partial charge in [-0.3, -0.25) is 0 Å². The van der Waals surface area contributed by atoms with Gasteiger partial charge in [-0.15, -0.1) is 0 Å². The van der Waals surface area contributed by atoms with Crippen LogP contribution in [0.1, 0.15) is 30.0 Å². The Hall–Kier alpha value is -1.06. The molecule has 0 radical (unpaired) electrons. The molecule has 2 aliphatic heterocycles. The monoisotopic (exact) mass is 246 g/mol. The number of nitrogens with zero attached hydrogens (tertiary/aromatic N) is 1. The Morgan fingerprint density at radius 3 is 2.94 bits per heavy atom. The lowest BCUT2D eigenvalue weighted by Crippen LogP contribution is -2.38. The Morgan fingerprint density at radius 1 is 1.33 bits per heavy atom. The minimum absolute atomic E-state index is 0.474. The summed E-state index contributed by atoms with van der Waals surface area (Å²) < 4.78 is 5.49. The van der Waals surface area contributed by atoms with Crippen LogP contribution >= 0.6 is 0 Å². The molecule has 1 saturated heterocycles. The van der Waals surface area contributed by atoms with Crippen LogP contribution < -0.4 is 10.1 Å². The van der Waals surface area contributed by atoms with Crippen molar-refractivity contribution in [3.8, 4) is 5.75 Å². The van der Waals surface area contributed by atoms with Gasteiger partial charge in [-0.25, -0.2) is 0 Å². The molecule has 18 heavy (non-hydrogen) atoms. The number of hydrogen-bond donors (Lipinski definition) is 1.